The molecule has 1 atom stereocenters. The molecular weight excluding hydrogens is 212 g/mol. The topological polar surface area (TPSA) is 55.1 Å². The molecule has 100 valence electrons. The van der Waals surface area contributed by atoms with E-state index in [1.807, 2.05) is 13.8 Å². The molecule has 1 aliphatic carbocycles. The summed E-state index contributed by atoms with van der Waals surface area (Å²) in [6, 6.07) is -0.360. The first-order valence-electron chi connectivity index (χ1n) is 7.04. The number of nitrogens with one attached hydrogen (secondary N) is 1. The minimum absolute atomic E-state index is 0.00387. The van der Waals surface area contributed by atoms with Crippen molar-refractivity contribution in [2.45, 2.75) is 58.9 Å². The SMILES string of the molecule is CC1CCC(CCNC(=O)[C@@H](N)C(C)C)CC1. The lowest BCUT2D eigenvalue weighted by molar-refractivity contribution is -0.123. The largest absolute Gasteiger partial charge is 0.355 e. The van der Waals surface area contributed by atoms with Crippen LogP contribution in [-0.4, -0.2) is 18.5 Å². The average Bonchev–Trinajstić information content (AvgIpc) is 2.30. The highest BCUT2D eigenvalue weighted by atomic mass is 16.2. The van der Waals surface area contributed by atoms with Gasteiger partial charge >= 0.3 is 0 Å². The standard InChI is InChI=1S/C14H28N2O/c1-10(2)13(15)14(17)16-9-8-12-6-4-11(3)5-7-12/h10-13H,4-9,15H2,1-3H3,(H,16,17)/t11?,12?,13-/m0/s1. The van der Waals surface area contributed by atoms with E-state index >= 15 is 0 Å². The first-order chi connectivity index (χ1) is 8.00. The summed E-state index contributed by atoms with van der Waals surface area (Å²) < 4.78 is 0. The Morgan fingerprint density at radius 1 is 1.29 bits per heavy atom. The van der Waals surface area contributed by atoms with E-state index in [-0.39, 0.29) is 17.9 Å². The highest BCUT2D eigenvalue weighted by Gasteiger charge is 2.19. The molecule has 1 saturated carbocycles. The second-order valence-electron chi connectivity index (χ2n) is 5.98. The van der Waals surface area contributed by atoms with Crippen LogP contribution < -0.4 is 11.1 Å². The number of carbonyl (C=O) groups is 1. The van der Waals surface area contributed by atoms with Crippen LogP contribution in [0.15, 0.2) is 0 Å². The molecule has 3 N–H and O–H groups in total. The molecule has 1 aliphatic rings. The number of nitrogens with two attached hydrogens (primary N) is 1. The van der Waals surface area contributed by atoms with Crippen molar-refractivity contribution in [1.29, 1.82) is 0 Å². The molecular formula is C14H28N2O. The van der Waals surface area contributed by atoms with Gasteiger partial charge in [-0.05, 0) is 24.2 Å². The van der Waals surface area contributed by atoms with E-state index in [2.05, 4.69) is 12.2 Å². The van der Waals surface area contributed by atoms with Crippen LogP contribution >= 0.6 is 0 Å². The monoisotopic (exact) mass is 240 g/mol. The smallest absolute Gasteiger partial charge is 0.237 e. The molecule has 3 nitrogen and oxygen atoms in total. The molecule has 0 bridgehead atoms. The van der Waals surface area contributed by atoms with Crippen LogP contribution in [0.2, 0.25) is 0 Å². The molecule has 17 heavy (non-hydrogen) atoms. The Hall–Kier alpha value is -0.570. The molecule has 0 heterocycles. The fourth-order valence-electron chi connectivity index (χ4n) is 2.44. The molecule has 0 unspecified atom stereocenters. The molecule has 3 heteroatoms. The zero-order valence-electron chi connectivity index (χ0n) is 11.5. The molecule has 0 aliphatic heterocycles. The van der Waals surface area contributed by atoms with Crippen molar-refractivity contribution in [3.63, 3.8) is 0 Å². The molecule has 0 radical (unpaired) electrons. The van der Waals surface area contributed by atoms with E-state index in [0.29, 0.717) is 0 Å². The highest BCUT2D eigenvalue weighted by Crippen LogP contribution is 2.29. The van der Waals surface area contributed by atoms with Crippen LogP contribution in [0.4, 0.5) is 0 Å². The van der Waals surface area contributed by atoms with Gasteiger partial charge in [0, 0.05) is 6.54 Å². The Kier molecular flexibility index (Phi) is 5.96. The number of hydrogen-bond acceptors (Lipinski definition) is 2. The first-order valence-corrected chi connectivity index (χ1v) is 7.04. The fraction of sp³-hybridized carbons (Fsp3) is 0.929. The van der Waals surface area contributed by atoms with Crippen LogP contribution in [-0.2, 0) is 4.79 Å². The number of hydrogen-bond donors (Lipinski definition) is 2. The third kappa shape index (κ3) is 5.07. The van der Waals surface area contributed by atoms with Crippen LogP contribution in [0, 0.1) is 17.8 Å². The Morgan fingerprint density at radius 3 is 2.41 bits per heavy atom. The van der Waals surface area contributed by atoms with Gasteiger partial charge in [-0.15, -0.1) is 0 Å². The van der Waals surface area contributed by atoms with Crippen molar-refractivity contribution in [3.05, 3.63) is 0 Å². The van der Waals surface area contributed by atoms with Gasteiger partial charge in [-0.25, -0.2) is 0 Å². The third-order valence-electron chi connectivity index (χ3n) is 4.01. The van der Waals surface area contributed by atoms with Crippen LogP contribution in [0.1, 0.15) is 52.9 Å². The molecule has 0 saturated heterocycles. The van der Waals surface area contributed by atoms with Crippen LogP contribution in [0.3, 0.4) is 0 Å². The van der Waals surface area contributed by atoms with Gasteiger partial charge in [0.2, 0.25) is 5.91 Å². The predicted octanol–water partition coefficient (Wildman–Crippen LogP) is 2.30. The molecule has 0 spiro atoms. The summed E-state index contributed by atoms with van der Waals surface area (Å²) in [7, 11) is 0. The normalized spacial score (nSPS) is 26.9. The van der Waals surface area contributed by atoms with Crippen molar-refractivity contribution in [1.82, 2.24) is 5.32 Å². The minimum Gasteiger partial charge on any atom is -0.355 e. The van der Waals surface area contributed by atoms with Gasteiger partial charge in [0.15, 0.2) is 0 Å². The Labute approximate surface area is 106 Å². The average molecular weight is 240 g/mol. The Morgan fingerprint density at radius 2 is 1.88 bits per heavy atom. The predicted molar refractivity (Wildman–Crippen MR) is 71.6 cm³/mol. The van der Waals surface area contributed by atoms with Crippen molar-refractivity contribution < 1.29 is 4.79 Å². The number of carbonyl (C=O) groups excluding carboxylic acids is 1. The minimum atomic E-state index is -0.360. The summed E-state index contributed by atoms with van der Waals surface area (Å²) in [5, 5.41) is 2.96. The molecule has 1 fully saturated rings. The van der Waals surface area contributed by atoms with E-state index in [9.17, 15) is 4.79 Å². The van der Waals surface area contributed by atoms with Gasteiger partial charge in [-0.3, -0.25) is 4.79 Å². The first kappa shape index (κ1) is 14.5. The second-order valence-corrected chi connectivity index (χ2v) is 5.98. The second kappa shape index (κ2) is 7.00. The van der Waals surface area contributed by atoms with Crippen LogP contribution in [0.5, 0.6) is 0 Å². The van der Waals surface area contributed by atoms with Gasteiger partial charge in [-0.2, -0.15) is 0 Å². The van der Waals surface area contributed by atoms with E-state index in [0.717, 1.165) is 24.8 Å². The maximum Gasteiger partial charge on any atom is 0.237 e. The van der Waals surface area contributed by atoms with Crippen molar-refractivity contribution in [2.75, 3.05) is 6.54 Å². The molecule has 0 aromatic heterocycles. The van der Waals surface area contributed by atoms with Crippen molar-refractivity contribution in [3.8, 4) is 0 Å². The van der Waals surface area contributed by atoms with Crippen LogP contribution in [0.25, 0.3) is 0 Å². The van der Waals surface area contributed by atoms with Crippen molar-refractivity contribution in [2.24, 2.45) is 23.5 Å². The maximum absolute atomic E-state index is 11.6. The lowest BCUT2D eigenvalue weighted by atomic mass is 9.81. The molecule has 0 aromatic rings. The zero-order chi connectivity index (χ0) is 12.8. The summed E-state index contributed by atoms with van der Waals surface area (Å²) in [6.45, 7) is 7.08. The molecule has 1 rings (SSSR count). The Balaban J connectivity index is 2.13. The summed E-state index contributed by atoms with van der Waals surface area (Å²) in [4.78, 5) is 11.6. The third-order valence-corrected chi connectivity index (χ3v) is 4.01. The molecule has 1 amide bonds. The Bertz CT molecular complexity index is 232. The zero-order valence-corrected chi connectivity index (χ0v) is 11.5. The van der Waals surface area contributed by atoms with E-state index in [4.69, 9.17) is 5.73 Å². The van der Waals surface area contributed by atoms with Gasteiger partial charge in [-0.1, -0.05) is 46.5 Å². The lowest BCUT2D eigenvalue weighted by Gasteiger charge is -2.26. The van der Waals surface area contributed by atoms with Gasteiger partial charge in [0.25, 0.3) is 0 Å². The van der Waals surface area contributed by atoms with Gasteiger partial charge < -0.3 is 11.1 Å². The quantitative estimate of drug-likeness (QED) is 0.774. The van der Waals surface area contributed by atoms with E-state index in [1.165, 1.54) is 25.7 Å². The summed E-state index contributed by atoms with van der Waals surface area (Å²) in [5.41, 5.74) is 5.79. The van der Waals surface area contributed by atoms with Gasteiger partial charge in [0.05, 0.1) is 6.04 Å². The maximum atomic E-state index is 11.6. The van der Waals surface area contributed by atoms with E-state index in [1.54, 1.807) is 0 Å². The van der Waals surface area contributed by atoms with Crippen molar-refractivity contribution >= 4 is 5.91 Å². The highest BCUT2D eigenvalue weighted by molar-refractivity contribution is 5.81. The van der Waals surface area contributed by atoms with Gasteiger partial charge in [0.1, 0.15) is 0 Å². The molecule has 0 aromatic carbocycles. The van der Waals surface area contributed by atoms with E-state index < -0.39 is 0 Å². The fourth-order valence-corrected chi connectivity index (χ4v) is 2.44. The number of amides is 1. The number of rotatable bonds is 5. The summed E-state index contributed by atoms with van der Waals surface area (Å²) in [5.74, 6) is 1.92. The summed E-state index contributed by atoms with van der Waals surface area (Å²) in [6.07, 6.45) is 6.47. The lowest BCUT2D eigenvalue weighted by Crippen LogP contribution is -2.44. The summed E-state index contributed by atoms with van der Waals surface area (Å²) >= 11 is 0.